The molecular formula is C12H7BrF3N. The van der Waals surface area contributed by atoms with Crippen molar-refractivity contribution >= 4 is 15.9 Å². The second-order valence-corrected chi connectivity index (χ2v) is 4.14. The Labute approximate surface area is 104 Å². The average Bonchev–Trinajstić information content (AvgIpc) is 2.28. The maximum absolute atomic E-state index is 12.8. The highest BCUT2D eigenvalue weighted by Gasteiger charge is 2.33. The molecule has 88 valence electrons. The quantitative estimate of drug-likeness (QED) is 0.705. The van der Waals surface area contributed by atoms with Gasteiger partial charge in [-0.2, -0.15) is 13.2 Å². The van der Waals surface area contributed by atoms with Crippen molar-refractivity contribution in [1.29, 1.82) is 0 Å². The second-order valence-electron chi connectivity index (χ2n) is 3.39. The first-order valence-electron chi connectivity index (χ1n) is 4.77. The van der Waals surface area contributed by atoms with Gasteiger partial charge in [-0.05, 0) is 33.6 Å². The van der Waals surface area contributed by atoms with E-state index in [-0.39, 0.29) is 5.56 Å². The zero-order valence-electron chi connectivity index (χ0n) is 8.50. The van der Waals surface area contributed by atoms with Crippen LogP contribution < -0.4 is 0 Å². The highest BCUT2D eigenvalue weighted by molar-refractivity contribution is 9.10. The third-order valence-corrected chi connectivity index (χ3v) is 2.91. The van der Waals surface area contributed by atoms with Gasteiger partial charge in [-0.1, -0.05) is 24.3 Å². The van der Waals surface area contributed by atoms with Crippen molar-refractivity contribution < 1.29 is 13.2 Å². The van der Waals surface area contributed by atoms with E-state index in [0.29, 0.717) is 10.2 Å². The SMILES string of the molecule is FC(F)(F)c1ccccc1-c1cccnc1Br. The first-order valence-corrected chi connectivity index (χ1v) is 5.56. The zero-order chi connectivity index (χ0) is 12.5. The number of benzene rings is 1. The first kappa shape index (κ1) is 12.1. The molecule has 2 aromatic rings. The van der Waals surface area contributed by atoms with Gasteiger partial charge in [-0.3, -0.25) is 0 Å². The van der Waals surface area contributed by atoms with Crippen LogP contribution >= 0.6 is 15.9 Å². The van der Waals surface area contributed by atoms with E-state index in [1.165, 1.54) is 18.3 Å². The highest BCUT2D eigenvalue weighted by Crippen LogP contribution is 2.38. The molecule has 1 heterocycles. The number of alkyl halides is 3. The van der Waals surface area contributed by atoms with E-state index in [2.05, 4.69) is 20.9 Å². The fourth-order valence-corrected chi connectivity index (χ4v) is 2.02. The van der Waals surface area contributed by atoms with E-state index in [9.17, 15) is 13.2 Å². The summed E-state index contributed by atoms with van der Waals surface area (Å²) >= 11 is 3.16. The molecule has 5 heteroatoms. The topological polar surface area (TPSA) is 12.9 Å². The average molecular weight is 302 g/mol. The highest BCUT2D eigenvalue weighted by atomic mass is 79.9. The monoisotopic (exact) mass is 301 g/mol. The molecule has 1 aromatic heterocycles. The van der Waals surface area contributed by atoms with Crippen molar-refractivity contribution in [3.63, 3.8) is 0 Å². The number of aromatic nitrogens is 1. The number of nitrogens with zero attached hydrogens (tertiary/aromatic N) is 1. The molecule has 0 saturated carbocycles. The summed E-state index contributed by atoms with van der Waals surface area (Å²) in [5.74, 6) is 0. The van der Waals surface area contributed by atoms with Gasteiger partial charge in [0.15, 0.2) is 0 Å². The first-order chi connectivity index (χ1) is 8.00. The molecule has 1 aromatic carbocycles. The van der Waals surface area contributed by atoms with Gasteiger partial charge >= 0.3 is 6.18 Å². The van der Waals surface area contributed by atoms with E-state index in [4.69, 9.17) is 0 Å². The number of rotatable bonds is 1. The van der Waals surface area contributed by atoms with E-state index < -0.39 is 11.7 Å². The lowest BCUT2D eigenvalue weighted by Gasteiger charge is -2.13. The van der Waals surface area contributed by atoms with Crippen LogP contribution in [0.4, 0.5) is 13.2 Å². The number of hydrogen-bond donors (Lipinski definition) is 0. The Bertz CT molecular complexity index is 537. The summed E-state index contributed by atoms with van der Waals surface area (Å²) in [6.07, 6.45) is -2.85. The molecule has 0 radical (unpaired) electrons. The summed E-state index contributed by atoms with van der Waals surface area (Å²) in [5.41, 5.74) is -0.103. The molecule has 0 N–H and O–H groups in total. The number of pyridine rings is 1. The van der Waals surface area contributed by atoms with Crippen LogP contribution in [0.2, 0.25) is 0 Å². The van der Waals surface area contributed by atoms with Crippen molar-refractivity contribution in [2.24, 2.45) is 0 Å². The van der Waals surface area contributed by atoms with Gasteiger partial charge in [-0.25, -0.2) is 4.98 Å². The molecule has 0 fully saturated rings. The molecular weight excluding hydrogens is 295 g/mol. The lowest BCUT2D eigenvalue weighted by molar-refractivity contribution is -0.137. The molecule has 0 aliphatic rings. The standard InChI is InChI=1S/C12H7BrF3N/c13-11-9(5-3-7-17-11)8-4-1-2-6-10(8)12(14,15)16/h1-7H. The lowest BCUT2D eigenvalue weighted by atomic mass is 10.0. The maximum Gasteiger partial charge on any atom is 0.417 e. The molecule has 0 bridgehead atoms. The molecule has 0 saturated heterocycles. The Morgan fingerprint density at radius 2 is 1.59 bits per heavy atom. The van der Waals surface area contributed by atoms with E-state index in [1.54, 1.807) is 18.2 Å². The van der Waals surface area contributed by atoms with Gasteiger partial charge in [0, 0.05) is 11.8 Å². The van der Waals surface area contributed by atoms with E-state index in [1.807, 2.05) is 0 Å². The van der Waals surface area contributed by atoms with Gasteiger partial charge in [0.25, 0.3) is 0 Å². The van der Waals surface area contributed by atoms with Crippen LogP contribution in [0.3, 0.4) is 0 Å². The van der Waals surface area contributed by atoms with Crippen LogP contribution in [-0.4, -0.2) is 4.98 Å². The van der Waals surface area contributed by atoms with Crippen molar-refractivity contribution in [2.45, 2.75) is 6.18 Å². The Kier molecular flexibility index (Phi) is 3.19. The van der Waals surface area contributed by atoms with Crippen molar-refractivity contribution in [1.82, 2.24) is 4.98 Å². The van der Waals surface area contributed by atoms with Gasteiger partial charge < -0.3 is 0 Å². The van der Waals surface area contributed by atoms with E-state index in [0.717, 1.165) is 6.07 Å². The lowest BCUT2D eigenvalue weighted by Crippen LogP contribution is -2.07. The molecule has 1 nitrogen and oxygen atoms in total. The van der Waals surface area contributed by atoms with Crippen LogP contribution in [0.25, 0.3) is 11.1 Å². The van der Waals surface area contributed by atoms with Crippen LogP contribution in [0.15, 0.2) is 47.2 Å². The smallest absolute Gasteiger partial charge is 0.249 e. The molecule has 17 heavy (non-hydrogen) atoms. The third-order valence-electron chi connectivity index (χ3n) is 2.28. The maximum atomic E-state index is 12.8. The molecule has 0 unspecified atom stereocenters. The molecule has 0 aliphatic carbocycles. The molecule has 0 spiro atoms. The summed E-state index contributed by atoms with van der Waals surface area (Å²) in [5, 5.41) is 0. The third kappa shape index (κ3) is 2.49. The summed E-state index contributed by atoms with van der Waals surface area (Å²) in [6.45, 7) is 0. The minimum atomic E-state index is -4.37. The van der Waals surface area contributed by atoms with Crippen molar-refractivity contribution in [2.75, 3.05) is 0 Å². The minimum Gasteiger partial charge on any atom is -0.249 e. The zero-order valence-corrected chi connectivity index (χ0v) is 10.1. The van der Waals surface area contributed by atoms with Crippen LogP contribution in [0.1, 0.15) is 5.56 Å². The van der Waals surface area contributed by atoms with Crippen LogP contribution in [0, 0.1) is 0 Å². The molecule has 0 atom stereocenters. The predicted molar refractivity (Wildman–Crippen MR) is 62.4 cm³/mol. The number of hydrogen-bond acceptors (Lipinski definition) is 1. The van der Waals surface area contributed by atoms with Gasteiger partial charge in [-0.15, -0.1) is 0 Å². The largest absolute Gasteiger partial charge is 0.417 e. The fraction of sp³-hybridized carbons (Fsp3) is 0.0833. The Balaban J connectivity index is 2.65. The normalized spacial score (nSPS) is 11.5. The Morgan fingerprint density at radius 1 is 0.941 bits per heavy atom. The summed E-state index contributed by atoms with van der Waals surface area (Å²) in [6, 6.07) is 8.65. The van der Waals surface area contributed by atoms with Gasteiger partial charge in [0.05, 0.1) is 5.56 Å². The molecule has 0 aliphatic heterocycles. The van der Waals surface area contributed by atoms with Crippen LogP contribution in [0.5, 0.6) is 0 Å². The number of halogens is 4. The molecule has 2 rings (SSSR count). The predicted octanol–water partition coefficient (Wildman–Crippen LogP) is 4.53. The van der Waals surface area contributed by atoms with E-state index >= 15 is 0 Å². The summed E-state index contributed by atoms with van der Waals surface area (Å²) in [7, 11) is 0. The minimum absolute atomic E-state index is 0.125. The van der Waals surface area contributed by atoms with Crippen LogP contribution in [-0.2, 0) is 6.18 Å². The van der Waals surface area contributed by atoms with Crippen molar-refractivity contribution in [3.8, 4) is 11.1 Å². The van der Waals surface area contributed by atoms with Gasteiger partial charge in [0.2, 0.25) is 0 Å². The van der Waals surface area contributed by atoms with Crippen molar-refractivity contribution in [3.05, 3.63) is 52.8 Å². The fourth-order valence-electron chi connectivity index (χ4n) is 1.55. The second kappa shape index (κ2) is 4.49. The Hall–Kier alpha value is -1.36. The summed E-state index contributed by atoms with van der Waals surface area (Å²) < 4.78 is 38.9. The summed E-state index contributed by atoms with van der Waals surface area (Å²) in [4.78, 5) is 3.93. The molecule has 0 amide bonds. The van der Waals surface area contributed by atoms with Gasteiger partial charge in [0.1, 0.15) is 4.60 Å². The Morgan fingerprint density at radius 3 is 2.24 bits per heavy atom.